The molecule has 0 bridgehead atoms. The number of nitrogens with zero attached hydrogens (tertiary/aromatic N) is 3. The Morgan fingerprint density at radius 1 is 1.11 bits per heavy atom. The van der Waals surface area contributed by atoms with Gasteiger partial charge in [0.25, 0.3) is 0 Å². The highest BCUT2D eigenvalue weighted by molar-refractivity contribution is 5.78. The first-order chi connectivity index (χ1) is 9.15. The second kappa shape index (κ2) is 7.13. The molecule has 2 heterocycles. The predicted molar refractivity (Wildman–Crippen MR) is 81.3 cm³/mol. The Labute approximate surface area is 118 Å². The number of guanidine groups is 1. The standard InChI is InChI=1S/C15H30N4/c1-13-4-11-19(12-5-13)15(16)17-8-3-14-6-9-18(2)10-7-14/h13-14H,3-12H2,1-2H3,(H2,16,17). The van der Waals surface area contributed by atoms with Crippen LogP contribution in [0.3, 0.4) is 0 Å². The van der Waals surface area contributed by atoms with Crippen LogP contribution in [0, 0.1) is 11.8 Å². The molecule has 2 saturated heterocycles. The summed E-state index contributed by atoms with van der Waals surface area (Å²) in [5, 5.41) is 0. The molecule has 2 aliphatic heterocycles. The second-order valence-corrected chi connectivity index (χ2v) is 6.44. The molecule has 0 amide bonds. The number of aliphatic imine (C=N–C) groups is 1. The van der Waals surface area contributed by atoms with Crippen molar-refractivity contribution in [1.82, 2.24) is 9.80 Å². The minimum Gasteiger partial charge on any atom is -0.370 e. The van der Waals surface area contributed by atoms with E-state index in [1.165, 1.54) is 45.2 Å². The fourth-order valence-corrected chi connectivity index (χ4v) is 3.05. The minimum atomic E-state index is 0.778. The van der Waals surface area contributed by atoms with E-state index < -0.39 is 0 Å². The van der Waals surface area contributed by atoms with E-state index in [4.69, 9.17) is 5.73 Å². The summed E-state index contributed by atoms with van der Waals surface area (Å²) in [7, 11) is 2.21. The SMILES string of the molecule is CC1CCN(C(N)=NCCC2CCN(C)CC2)CC1. The summed E-state index contributed by atoms with van der Waals surface area (Å²) in [5.41, 5.74) is 6.10. The zero-order chi connectivity index (χ0) is 13.7. The lowest BCUT2D eigenvalue weighted by Gasteiger charge is -2.31. The van der Waals surface area contributed by atoms with E-state index in [-0.39, 0.29) is 0 Å². The highest BCUT2D eigenvalue weighted by Gasteiger charge is 2.18. The quantitative estimate of drug-likeness (QED) is 0.625. The van der Waals surface area contributed by atoms with Gasteiger partial charge in [0.2, 0.25) is 0 Å². The third-order valence-electron chi connectivity index (χ3n) is 4.76. The van der Waals surface area contributed by atoms with Gasteiger partial charge in [0, 0.05) is 19.6 Å². The Morgan fingerprint density at radius 2 is 1.74 bits per heavy atom. The molecular formula is C15H30N4. The molecule has 0 aromatic rings. The summed E-state index contributed by atoms with van der Waals surface area (Å²) in [6.45, 7) is 7.90. The summed E-state index contributed by atoms with van der Waals surface area (Å²) in [5.74, 6) is 2.48. The topological polar surface area (TPSA) is 44.9 Å². The van der Waals surface area contributed by atoms with Crippen molar-refractivity contribution in [1.29, 1.82) is 0 Å². The number of likely N-dealkylation sites (tertiary alicyclic amines) is 2. The van der Waals surface area contributed by atoms with Crippen molar-refractivity contribution in [2.75, 3.05) is 39.8 Å². The summed E-state index contributed by atoms with van der Waals surface area (Å²) in [6.07, 6.45) is 6.37. The molecule has 0 unspecified atom stereocenters. The largest absolute Gasteiger partial charge is 0.370 e. The first-order valence-corrected chi connectivity index (χ1v) is 7.88. The summed E-state index contributed by atoms with van der Waals surface area (Å²) in [6, 6.07) is 0. The summed E-state index contributed by atoms with van der Waals surface area (Å²) < 4.78 is 0. The lowest BCUT2D eigenvalue weighted by Crippen LogP contribution is -2.42. The van der Waals surface area contributed by atoms with Gasteiger partial charge in [-0.3, -0.25) is 4.99 Å². The van der Waals surface area contributed by atoms with Crippen molar-refractivity contribution in [3.63, 3.8) is 0 Å². The van der Waals surface area contributed by atoms with Crippen LogP contribution in [0.1, 0.15) is 39.0 Å². The molecule has 19 heavy (non-hydrogen) atoms. The molecule has 4 nitrogen and oxygen atoms in total. The smallest absolute Gasteiger partial charge is 0.191 e. The fourth-order valence-electron chi connectivity index (χ4n) is 3.05. The van der Waals surface area contributed by atoms with Crippen LogP contribution in [0.25, 0.3) is 0 Å². The fraction of sp³-hybridized carbons (Fsp3) is 0.933. The molecule has 0 aliphatic carbocycles. The third kappa shape index (κ3) is 4.68. The van der Waals surface area contributed by atoms with Gasteiger partial charge in [-0.05, 0) is 64.1 Å². The molecular weight excluding hydrogens is 236 g/mol. The number of nitrogens with two attached hydrogens (primary N) is 1. The van der Waals surface area contributed by atoms with Crippen LogP contribution in [0.15, 0.2) is 4.99 Å². The molecule has 0 atom stereocenters. The highest BCUT2D eigenvalue weighted by Crippen LogP contribution is 2.19. The number of hydrogen-bond acceptors (Lipinski definition) is 2. The third-order valence-corrected chi connectivity index (χ3v) is 4.76. The molecule has 110 valence electrons. The Kier molecular flexibility index (Phi) is 5.49. The van der Waals surface area contributed by atoms with Crippen molar-refractivity contribution in [3.8, 4) is 0 Å². The van der Waals surface area contributed by atoms with E-state index in [0.29, 0.717) is 0 Å². The molecule has 0 aromatic carbocycles. The molecule has 0 spiro atoms. The van der Waals surface area contributed by atoms with Gasteiger partial charge < -0.3 is 15.5 Å². The maximum Gasteiger partial charge on any atom is 0.191 e. The van der Waals surface area contributed by atoms with E-state index in [1.807, 2.05) is 0 Å². The maximum atomic E-state index is 6.10. The average Bonchev–Trinajstić information content (AvgIpc) is 2.41. The summed E-state index contributed by atoms with van der Waals surface area (Å²) in [4.78, 5) is 9.27. The van der Waals surface area contributed by atoms with E-state index in [9.17, 15) is 0 Å². The van der Waals surface area contributed by atoms with E-state index in [1.54, 1.807) is 0 Å². The second-order valence-electron chi connectivity index (χ2n) is 6.44. The Bertz CT molecular complexity index is 287. The number of hydrogen-bond donors (Lipinski definition) is 1. The lowest BCUT2D eigenvalue weighted by molar-refractivity contribution is 0.214. The molecule has 2 fully saturated rings. The maximum absolute atomic E-state index is 6.10. The predicted octanol–water partition coefficient (Wildman–Crippen LogP) is 1.76. The molecule has 0 radical (unpaired) electrons. The van der Waals surface area contributed by atoms with Gasteiger partial charge in [-0.25, -0.2) is 0 Å². The van der Waals surface area contributed by atoms with Gasteiger partial charge in [0.15, 0.2) is 5.96 Å². The highest BCUT2D eigenvalue weighted by atomic mass is 15.3. The van der Waals surface area contributed by atoms with Crippen LogP contribution in [-0.4, -0.2) is 55.5 Å². The van der Waals surface area contributed by atoms with Gasteiger partial charge in [0.05, 0.1) is 0 Å². The van der Waals surface area contributed by atoms with E-state index in [0.717, 1.165) is 37.4 Å². The number of piperidine rings is 2. The van der Waals surface area contributed by atoms with Crippen LogP contribution in [0.5, 0.6) is 0 Å². The lowest BCUT2D eigenvalue weighted by atomic mass is 9.94. The van der Waals surface area contributed by atoms with Crippen LogP contribution < -0.4 is 5.73 Å². The first kappa shape index (κ1) is 14.6. The van der Waals surface area contributed by atoms with Crippen molar-refractivity contribution in [2.24, 2.45) is 22.6 Å². The average molecular weight is 266 g/mol. The Morgan fingerprint density at radius 3 is 2.37 bits per heavy atom. The monoisotopic (exact) mass is 266 g/mol. The normalized spacial score (nSPS) is 24.9. The zero-order valence-corrected chi connectivity index (χ0v) is 12.6. The molecule has 4 heteroatoms. The van der Waals surface area contributed by atoms with Crippen molar-refractivity contribution < 1.29 is 0 Å². The number of rotatable bonds is 3. The van der Waals surface area contributed by atoms with Gasteiger partial charge in [0.1, 0.15) is 0 Å². The van der Waals surface area contributed by atoms with Gasteiger partial charge >= 0.3 is 0 Å². The molecule has 2 rings (SSSR count). The van der Waals surface area contributed by atoms with Crippen LogP contribution in [-0.2, 0) is 0 Å². The summed E-state index contributed by atoms with van der Waals surface area (Å²) >= 11 is 0. The van der Waals surface area contributed by atoms with Crippen LogP contribution in [0.4, 0.5) is 0 Å². The minimum absolute atomic E-state index is 0.778. The Balaban J connectivity index is 1.67. The molecule has 2 aliphatic rings. The molecule has 0 aromatic heterocycles. The Hall–Kier alpha value is -0.770. The first-order valence-electron chi connectivity index (χ1n) is 7.88. The molecule has 2 N–H and O–H groups in total. The van der Waals surface area contributed by atoms with Crippen molar-refractivity contribution in [2.45, 2.75) is 39.0 Å². The molecule has 0 saturated carbocycles. The van der Waals surface area contributed by atoms with Crippen LogP contribution >= 0.6 is 0 Å². The van der Waals surface area contributed by atoms with Crippen molar-refractivity contribution in [3.05, 3.63) is 0 Å². The van der Waals surface area contributed by atoms with E-state index >= 15 is 0 Å². The van der Waals surface area contributed by atoms with Gasteiger partial charge in [-0.15, -0.1) is 0 Å². The van der Waals surface area contributed by atoms with Crippen molar-refractivity contribution >= 4 is 5.96 Å². The van der Waals surface area contributed by atoms with Crippen LogP contribution in [0.2, 0.25) is 0 Å². The van der Waals surface area contributed by atoms with Gasteiger partial charge in [-0.2, -0.15) is 0 Å². The van der Waals surface area contributed by atoms with Gasteiger partial charge in [-0.1, -0.05) is 6.92 Å². The zero-order valence-electron chi connectivity index (χ0n) is 12.6. The van der Waals surface area contributed by atoms with E-state index in [2.05, 4.69) is 28.8 Å².